The van der Waals surface area contributed by atoms with Crippen molar-refractivity contribution in [1.29, 1.82) is 0 Å². The van der Waals surface area contributed by atoms with Crippen LogP contribution in [0.3, 0.4) is 0 Å². The first-order chi connectivity index (χ1) is 4.67. The maximum Gasteiger partial charge on any atom is 0.0219 e. The Hall–Kier alpha value is -0.0400. The molecular formula is C9H15N. The van der Waals surface area contributed by atoms with Crippen LogP contribution >= 0.6 is 0 Å². The van der Waals surface area contributed by atoms with Gasteiger partial charge < -0.3 is 5.32 Å². The highest BCUT2D eigenvalue weighted by molar-refractivity contribution is 5.32. The van der Waals surface area contributed by atoms with Crippen LogP contribution < -0.4 is 5.32 Å². The fraction of sp³-hybridized carbons (Fsp3) is 1.00. The lowest BCUT2D eigenvalue weighted by Gasteiger charge is -2.46. The highest BCUT2D eigenvalue weighted by atomic mass is 15.2. The fourth-order valence-electron chi connectivity index (χ4n) is 3.17. The highest BCUT2D eigenvalue weighted by Crippen LogP contribution is 2.73. The van der Waals surface area contributed by atoms with Crippen LogP contribution in [-0.4, -0.2) is 11.6 Å². The molecule has 1 spiro atoms. The van der Waals surface area contributed by atoms with E-state index in [2.05, 4.69) is 19.2 Å². The average Bonchev–Trinajstić information content (AvgIpc) is 2.27. The van der Waals surface area contributed by atoms with Gasteiger partial charge in [0.1, 0.15) is 0 Å². The number of nitrogens with one attached hydrogen (secondary N) is 1. The molecule has 1 unspecified atom stereocenters. The van der Waals surface area contributed by atoms with E-state index in [1.807, 2.05) is 0 Å². The summed E-state index contributed by atoms with van der Waals surface area (Å²) in [7, 11) is 0. The van der Waals surface area contributed by atoms with E-state index in [0.29, 0.717) is 5.54 Å². The van der Waals surface area contributed by atoms with E-state index in [1.165, 1.54) is 19.3 Å². The van der Waals surface area contributed by atoms with Crippen LogP contribution in [0.1, 0.15) is 33.1 Å². The number of hydrogen-bond acceptors (Lipinski definition) is 1. The van der Waals surface area contributed by atoms with Gasteiger partial charge in [-0.05, 0) is 30.6 Å². The Labute approximate surface area is 62.2 Å². The molecule has 4 aliphatic rings. The van der Waals surface area contributed by atoms with E-state index in [9.17, 15) is 0 Å². The van der Waals surface area contributed by atoms with Gasteiger partial charge in [-0.2, -0.15) is 0 Å². The van der Waals surface area contributed by atoms with Crippen molar-refractivity contribution in [2.75, 3.05) is 0 Å². The van der Waals surface area contributed by atoms with Gasteiger partial charge in [0.25, 0.3) is 0 Å². The zero-order chi connectivity index (χ0) is 6.98. The van der Waals surface area contributed by atoms with E-state index < -0.39 is 0 Å². The third kappa shape index (κ3) is 0.378. The van der Waals surface area contributed by atoms with Crippen molar-refractivity contribution in [2.24, 2.45) is 11.3 Å². The van der Waals surface area contributed by atoms with Crippen LogP contribution in [0, 0.1) is 11.3 Å². The Kier molecular flexibility index (Phi) is 0.658. The summed E-state index contributed by atoms with van der Waals surface area (Å²) in [5.74, 6) is 0.853. The molecule has 2 heterocycles. The molecule has 0 radical (unpaired) electrons. The Morgan fingerprint density at radius 3 is 2.40 bits per heavy atom. The zero-order valence-corrected chi connectivity index (χ0v) is 6.78. The lowest BCUT2D eigenvalue weighted by molar-refractivity contribution is 0.104. The van der Waals surface area contributed by atoms with E-state index in [0.717, 1.165) is 17.4 Å². The van der Waals surface area contributed by atoms with Crippen LogP contribution in [0.5, 0.6) is 0 Å². The fourth-order valence-corrected chi connectivity index (χ4v) is 3.17. The zero-order valence-electron chi connectivity index (χ0n) is 6.78. The lowest BCUT2D eigenvalue weighted by atomic mass is 9.63. The summed E-state index contributed by atoms with van der Waals surface area (Å²) in [6.45, 7) is 4.70. The summed E-state index contributed by atoms with van der Waals surface area (Å²) in [5.41, 5.74) is 1.44. The Balaban J connectivity index is 1.90. The van der Waals surface area contributed by atoms with E-state index in [4.69, 9.17) is 0 Å². The predicted molar refractivity (Wildman–Crippen MR) is 40.8 cm³/mol. The van der Waals surface area contributed by atoms with Crippen molar-refractivity contribution >= 4 is 0 Å². The molecular weight excluding hydrogens is 122 g/mol. The molecule has 1 nitrogen and oxygen atoms in total. The van der Waals surface area contributed by atoms with Crippen molar-refractivity contribution in [3.63, 3.8) is 0 Å². The molecule has 10 heavy (non-hydrogen) atoms. The van der Waals surface area contributed by atoms with Gasteiger partial charge in [-0.3, -0.25) is 0 Å². The minimum absolute atomic E-state index is 0.600. The minimum atomic E-state index is 0.600. The van der Waals surface area contributed by atoms with Crippen LogP contribution in [0.25, 0.3) is 0 Å². The smallest absolute Gasteiger partial charge is 0.0219 e. The number of hydrogen-bond donors (Lipinski definition) is 1. The molecule has 4 rings (SSSR count). The summed E-state index contributed by atoms with van der Waals surface area (Å²) in [6, 6.07) is 0.940. The molecule has 0 aromatic carbocycles. The van der Waals surface area contributed by atoms with Crippen molar-refractivity contribution in [3.8, 4) is 0 Å². The largest absolute Gasteiger partial charge is 0.308 e. The number of rotatable bonds is 1. The normalized spacial score (nSPS) is 62.1. The third-order valence-corrected chi connectivity index (χ3v) is 4.09. The van der Waals surface area contributed by atoms with Gasteiger partial charge in [0.2, 0.25) is 0 Å². The van der Waals surface area contributed by atoms with E-state index >= 15 is 0 Å². The second-order valence-corrected chi connectivity index (χ2v) is 4.93. The van der Waals surface area contributed by atoms with Gasteiger partial charge in [-0.1, -0.05) is 13.8 Å². The summed E-state index contributed by atoms with van der Waals surface area (Å²) >= 11 is 0. The molecule has 0 aromatic rings. The molecule has 1 N–H and O–H groups in total. The van der Waals surface area contributed by atoms with Crippen molar-refractivity contribution in [1.82, 2.24) is 5.32 Å². The molecule has 2 saturated heterocycles. The monoisotopic (exact) mass is 137 g/mol. The van der Waals surface area contributed by atoms with Crippen molar-refractivity contribution in [3.05, 3.63) is 0 Å². The van der Waals surface area contributed by atoms with Crippen LogP contribution in [0.4, 0.5) is 0 Å². The molecule has 2 aliphatic heterocycles. The summed E-state index contributed by atoms with van der Waals surface area (Å²) in [4.78, 5) is 0. The molecule has 2 bridgehead atoms. The summed E-state index contributed by atoms with van der Waals surface area (Å²) < 4.78 is 0. The second-order valence-electron chi connectivity index (χ2n) is 4.93. The van der Waals surface area contributed by atoms with Crippen LogP contribution in [0.15, 0.2) is 0 Å². The maximum absolute atomic E-state index is 3.77. The maximum atomic E-state index is 3.77. The molecule has 2 aliphatic carbocycles. The van der Waals surface area contributed by atoms with Gasteiger partial charge in [-0.15, -0.1) is 0 Å². The third-order valence-electron chi connectivity index (χ3n) is 4.09. The molecule has 1 heteroatoms. The predicted octanol–water partition coefficient (Wildman–Crippen LogP) is 1.54. The van der Waals surface area contributed by atoms with Gasteiger partial charge >= 0.3 is 0 Å². The van der Waals surface area contributed by atoms with Gasteiger partial charge in [0, 0.05) is 11.6 Å². The van der Waals surface area contributed by atoms with Gasteiger partial charge in [-0.25, -0.2) is 0 Å². The first-order valence-corrected chi connectivity index (χ1v) is 4.45. The standard InChI is InChI=1S/C9H15N/c1-6(2)9-4-8(5-9)3-7(8)10-9/h6-7,10H,3-5H2,1-2H3. The Bertz CT molecular complexity index is 183. The Morgan fingerprint density at radius 2 is 2.10 bits per heavy atom. The first kappa shape index (κ1) is 5.59. The average molecular weight is 137 g/mol. The van der Waals surface area contributed by atoms with E-state index in [1.54, 1.807) is 0 Å². The van der Waals surface area contributed by atoms with Crippen LogP contribution in [0.2, 0.25) is 0 Å². The SMILES string of the molecule is CC(C)C12CC3(CC3N1)C2. The van der Waals surface area contributed by atoms with Crippen molar-refractivity contribution < 1.29 is 0 Å². The van der Waals surface area contributed by atoms with Crippen LogP contribution in [-0.2, 0) is 0 Å². The summed E-state index contributed by atoms with van der Waals surface area (Å²) in [5, 5.41) is 3.77. The quantitative estimate of drug-likeness (QED) is 0.578. The molecule has 1 atom stereocenters. The highest BCUT2D eigenvalue weighted by Gasteiger charge is 2.75. The van der Waals surface area contributed by atoms with Crippen molar-refractivity contribution in [2.45, 2.75) is 44.7 Å². The first-order valence-electron chi connectivity index (χ1n) is 4.45. The lowest BCUT2D eigenvalue weighted by Crippen LogP contribution is -2.52. The van der Waals surface area contributed by atoms with Gasteiger partial charge in [0.15, 0.2) is 0 Å². The van der Waals surface area contributed by atoms with Gasteiger partial charge in [0.05, 0.1) is 0 Å². The summed E-state index contributed by atoms with van der Waals surface area (Å²) in [6.07, 6.45) is 4.46. The van der Waals surface area contributed by atoms with E-state index in [-0.39, 0.29) is 0 Å². The molecule has 0 amide bonds. The Morgan fingerprint density at radius 1 is 1.40 bits per heavy atom. The second kappa shape index (κ2) is 1.18. The minimum Gasteiger partial charge on any atom is -0.308 e. The molecule has 4 fully saturated rings. The molecule has 0 aromatic heterocycles. The molecule has 2 saturated carbocycles. The number of piperidine rings is 2. The molecule has 56 valence electrons. The topological polar surface area (TPSA) is 12.0 Å².